The molecule has 7 heteroatoms. The molecule has 1 amide bonds. The van der Waals surface area contributed by atoms with E-state index in [1.165, 1.54) is 12.3 Å². The zero-order valence-electron chi connectivity index (χ0n) is 13.5. The van der Waals surface area contributed by atoms with Crippen molar-refractivity contribution in [2.75, 3.05) is 5.32 Å². The number of nitrogens with one attached hydrogen (secondary N) is 1. The second-order valence-corrected chi connectivity index (χ2v) is 5.57. The van der Waals surface area contributed by atoms with Gasteiger partial charge in [-0.1, -0.05) is 11.6 Å². The summed E-state index contributed by atoms with van der Waals surface area (Å²) >= 11 is 0. The summed E-state index contributed by atoms with van der Waals surface area (Å²) in [5.41, 5.74) is 0.547. The van der Waals surface area contributed by atoms with Crippen molar-refractivity contribution in [1.82, 2.24) is 0 Å². The number of carbonyl (C=O) groups is 1. The van der Waals surface area contributed by atoms with Gasteiger partial charge in [0.2, 0.25) is 5.91 Å². The summed E-state index contributed by atoms with van der Waals surface area (Å²) in [6.45, 7) is 1.82. The maximum absolute atomic E-state index is 13.5. The van der Waals surface area contributed by atoms with Crippen LogP contribution in [0.4, 0.5) is 18.9 Å². The minimum absolute atomic E-state index is 0.115. The van der Waals surface area contributed by atoms with Crippen LogP contribution in [0.2, 0.25) is 0 Å². The van der Waals surface area contributed by atoms with Crippen LogP contribution in [0.5, 0.6) is 0 Å². The summed E-state index contributed by atoms with van der Waals surface area (Å²) in [6.07, 6.45) is 3.36. The van der Waals surface area contributed by atoms with Crippen LogP contribution in [-0.4, -0.2) is 5.91 Å². The van der Waals surface area contributed by atoms with Crippen molar-refractivity contribution < 1.29 is 22.4 Å². The molecule has 0 bridgehead atoms. The fraction of sp³-hybridized carbons (Fsp3) is 0.0526. The second kappa shape index (κ2) is 6.87. The molecule has 0 aliphatic heterocycles. The first kappa shape index (κ1) is 17.5. The topological polar surface area (TPSA) is 59.3 Å². The minimum atomic E-state index is -1.68. The lowest BCUT2D eigenvalue weighted by Crippen LogP contribution is -2.11. The predicted octanol–water partition coefficient (Wildman–Crippen LogP) is 4.17. The highest BCUT2D eigenvalue weighted by Crippen LogP contribution is 2.19. The molecule has 0 radical (unpaired) electrons. The number of amides is 1. The van der Waals surface area contributed by atoms with Gasteiger partial charge in [-0.05, 0) is 37.3 Å². The molecule has 3 aromatic rings. The fourth-order valence-corrected chi connectivity index (χ4v) is 2.34. The van der Waals surface area contributed by atoms with Gasteiger partial charge in [-0.3, -0.25) is 9.59 Å². The van der Waals surface area contributed by atoms with E-state index in [0.29, 0.717) is 17.0 Å². The number of fused-ring (bicyclic) bond motifs is 1. The van der Waals surface area contributed by atoms with Crippen LogP contribution in [0.15, 0.2) is 51.9 Å². The number of halogens is 3. The van der Waals surface area contributed by atoms with Crippen molar-refractivity contribution in [2.45, 2.75) is 6.92 Å². The van der Waals surface area contributed by atoms with Gasteiger partial charge in [0.25, 0.3) is 0 Å². The summed E-state index contributed by atoms with van der Waals surface area (Å²) in [5, 5.41) is 2.43. The fourth-order valence-electron chi connectivity index (χ4n) is 2.34. The Morgan fingerprint density at radius 3 is 2.65 bits per heavy atom. The van der Waals surface area contributed by atoms with Crippen LogP contribution in [0.25, 0.3) is 17.0 Å². The number of aryl methyl sites for hydroxylation is 1. The number of anilines is 1. The van der Waals surface area contributed by atoms with Crippen molar-refractivity contribution in [3.63, 3.8) is 0 Å². The number of hydrogen-bond acceptors (Lipinski definition) is 3. The molecule has 0 unspecified atom stereocenters. The van der Waals surface area contributed by atoms with E-state index in [4.69, 9.17) is 4.42 Å². The normalized spacial score (nSPS) is 11.2. The maximum atomic E-state index is 13.5. The SMILES string of the molecule is Cc1ccc2occ(/C=C/C(=O)Nc3ccc(F)c(F)c3F)c(=O)c2c1. The van der Waals surface area contributed by atoms with E-state index in [1.54, 1.807) is 18.2 Å². The Morgan fingerprint density at radius 1 is 1.12 bits per heavy atom. The third-order valence-electron chi connectivity index (χ3n) is 3.66. The van der Waals surface area contributed by atoms with Gasteiger partial charge >= 0.3 is 0 Å². The summed E-state index contributed by atoms with van der Waals surface area (Å²) < 4.78 is 44.9. The van der Waals surface area contributed by atoms with Crippen LogP contribution < -0.4 is 10.7 Å². The Morgan fingerprint density at radius 2 is 1.88 bits per heavy atom. The van der Waals surface area contributed by atoms with Gasteiger partial charge in [0, 0.05) is 6.08 Å². The quantitative estimate of drug-likeness (QED) is 0.564. The summed E-state index contributed by atoms with van der Waals surface area (Å²) in [7, 11) is 0. The molecule has 0 aliphatic rings. The van der Waals surface area contributed by atoms with E-state index in [1.807, 2.05) is 6.92 Å². The summed E-state index contributed by atoms with van der Waals surface area (Å²) in [6, 6.07) is 6.71. The Bertz CT molecular complexity index is 1100. The summed E-state index contributed by atoms with van der Waals surface area (Å²) in [4.78, 5) is 24.2. The van der Waals surface area contributed by atoms with Gasteiger partial charge in [0.15, 0.2) is 22.9 Å². The number of hydrogen-bond donors (Lipinski definition) is 1. The van der Waals surface area contributed by atoms with E-state index in [0.717, 1.165) is 17.7 Å². The molecule has 1 aromatic heterocycles. The third kappa shape index (κ3) is 3.37. The van der Waals surface area contributed by atoms with E-state index in [-0.39, 0.29) is 11.0 Å². The van der Waals surface area contributed by atoms with Gasteiger partial charge in [0.1, 0.15) is 11.8 Å². The lowest BCUT2D eigenvalue weighted by Gasteiger charge is -2.05. The predicted molar refractivity (Wildman–Crippen MR) is 91.2 cm³/mol. The molecule has 0 aliphatic carbocycles. The van der Waals surface area contributed by atoms with Gasteiger partial charge in [0.05, 0.1) is 16.6 Å². The molecule has 0 saturated heterocycles. The smallest absolute Gasteiger partial charge is 0.248 e. The average Bonchev–Trinajstić information content (AvgIpc) is 2.62. The van der Waals surface area contributed by atoms with Crippen molar-refractivity contribution in [2.24, 2.45) is 0 Å². The number of rotatable bonds is 3. The van der Waals surface area contributed by atoms with Crippen LogP contribution in [0.1, 0.15) is 11.1 Å². The Labute approximate surface area is 145 Å². The van der Waals surface area contributed by atoms with Crippen molar-refractivity contribution in [1.29, 1.82) is 0 Å². The molecule has 0 atom stereocenters. The molecular weight excluding hydrogens is 347 g/mol. The molecule has 0 saturated carbocycles. The minimum Gasteiger partial charge on any atom is -0.463 e. The monoisotopic (exact) mass is 359 g/mol. The first-order chi connectivity index (χ1) is 12.4. The van der Waals surface area contributed by atoms with Crippen molar-refractivity contribution >= 4 is 28.6 Å². The Kier molecular flexibility index (Phi) is 4.62. The van der Waals surface area contributed by atoms with E-state index in [9.17, 15) is 22.8 Å². The zero-order chi connectivity index (χ0) is 18.8. The molecule has 4 nitrogen and oxygen atoms in total. The first-order valence-corrected chi connectivity index (χ1v) is 7.51. The largest absolute Gasteiger partial charge is 0.463 e. The summed E-state index contributed by atoms with van der Waals surface area (Å²) in [5.74, 6) is -5.37. The van der Waals surface area contributed by atoms with Crippen molar-refractivity contribution in [3.8, 4) is 0 Å². The van der Waals surface area contributed by atoms with Crippen LogP contribution in [0, 0.1) is 24.4 Å². The van der Waals surface area contributed by atoms with Gasteiger partial charge in [-0.2, -0.15) is 0 Å². The Balaban J connectivity index is 1.85. The van der Waals surface area contributed by atoms with E-state index >= 15 is 0 Å². The van der Waals surface area contributed by atoms with Gasteiger partial charge in [-0.25, -0.2) is 13.2 Å². The average molecular weight is 359 g/mol. The maximum Gasteiger partial charge on any atom is 0.248 e. The third-order valence-corrected chi connectivity index (χ3v) is 3.66. The van der Waals surface area contributed by atoms with Crippen LogP contribution in [-0.2, 0) is 4.79 Å². The van der Waals surface area contributed by atoms with Gasteiger partial charge in [-0.15, -0.1) is 0 Å². The highest BCUT2D eigenvalue weighted by atomic mass is 19.2. The molecule has 26 heavy (non-hydrogen) atoms. The molecule has 132 valence electrons. The lowest BCUT2D eigenvalue weighted by atomic mass is 10.1. The lowest BCUT2D eigenvalue weighted by molar-refractivity contribution is -0.111. The molecule has 1 heterocycles. The molecular formula is C19H12F3NO3. The van der Waals surface area contributed by atoms with Crippen LogP contribution in [0.3, 0.4) is 0 Å². The van der Waals surface area contributed by atoms with Crippen molar-refractivity contribution in [3.05, 3.63) is 81.5 Å². The van der Waals surface area contributed by atoms with E-state index < -0.39 is 29.0 Å². The first-order valence-electron chi connectivity index (χ1n) is 7.51. The molecule has 2 aromatic carbocycles. The van der Waals surface area contributed by atoms with E-state index in [2.05, 4.69) is 5.32 Å². The highest BCUT2D eigenvalue weighted by molar-refractivity contribution is 6.02. The highest BCUT2D eigenvalue weighted by Gasteiger charge is 2.14. The Hall–Kier alpha value is -3.35. The van der Waals surface area contributed by atoms with Gasteiger partial charge < -0.3 is 9.73 Å². The molecule has 0 spiro atoms. The zero-order valence-corrected chi connectivity index (χ0v) is 13.5. The van der Waals surface area contributed by atoms with Crippen LogP contribution >= 0.6 is 0 Å². The number of benzene rings is 2. The standard InChI is InChI=1S/C19H12F3NO3/c1-10-2-6-15-12(8-10)19(25)11(9-26-15)3-7-16(24)23-14-5-4-13(20)17(21)18(14)22/h2-9H,1H3,(H,23,24)/b7-3+. The molecule has 1 N–H and O–H groups in total. The number of carbonyl (C=O) groups excluding carboxylic acids is 1. The molecule has 0 fully saturated rings. The molecule has 3 rings (SSSR count). The second-order valence-electron chi connectivity index (χ2n) is 5.57.